The van der Waals surface area contributed by atoms with Crippen molar-refractivity contribution in [3.05, 3.63) is 41.5 Å². The zero-order valence-electron chi connectivity index (χ0n) is 10.0. The molecule has 1 heterocycles. The van der Waals surface area contributed by atoms with Crippen LogP contribution in [0.2, 0.25) is 0 Å². The summed E-state index contributed by atoms with van der Waals surface area (Å²) in [5.74, 6) is 1.34. The zero-order chi connectivity index (χ0) is 13.0. The number of benzene rings is 1. The van der Waals surface area contributed by atoms with E-state index in [1.807, 2.05) is 6.92 Å². The van der Waals surface area contributed by atoms with Gasteiger partial charge in [-0.05, 0) is 19.1 Å². The molecule has 0 unspecified atom stereocenters. The lowest BCUT2D eigenvalue weighted by molar-refractivity contribution is 0.141. The van der Waals surface area contributed by atoms with Gasteiger partial charge >= 0.3 is 0 Å². The van der Waals surface area contributed by atoms with E-state index in [1.165, 1.54) is 5.56 Å². The van der Waals surface area contributed by atoms with Crippen LogP contribution < -0.4 is 5.73 Å². The summed E-state index contributed by atoms with van der Waals surface area (Å²) in [5.41, 5.74) is 6.54. The first-order chi connectivity index (χ1) is 8.69. The topological polar surface area (TPSA) is 85.2 Å². The minimum absolute atomic E-state index is 0.0761. The average Bonchev–Trinajstić information content (AvgIpc) is 2.86. The summed E-state index contributed by atoms with van der Waals surface area (Å²) >= 11 is 1.62. The van der Waals surface area contributed by atoms with E-state index in [1.54, 1.807) is 11.8 Å². The van der Waals surface area contributed by atoms with E-state index in [4.69, 9.17) is 10.3 Å². The van der Waals surface area contributed by atoms with Crippen LogP contribution in [-0.4, -0.2) is 21.8 Å². The molecule has 2 aromatic rings. The minimum atomic E-state index is -0.879. The molecule has 3 N–H and O–H groups in total. The van der Waals surface area contributed by atoms with Crippen molar-refractivity contribution in [1.82, 2.24) is 10.1 Å². The Balaban J connectivity index is 1.94. The average molecular weight is 265 g/mol. The Morgan fingerprint density at radius 2 is 2.11 bits per heavy atom. The molecule has 0 aliphatic carbocycles. The first-order valence-corrected chi connectivity index (χ1v) is 6.57. The lowest BCUT2D eigenvalue weighted by atomic mass is 10.2. The van der Waals surface area contributed by atoms with Gasteiger partial charge in [0.1, 0.15) is 6.10 Å². The fraction of sp³-hybridized carbons (Fsp3) is 0.333. The highest BCUT2D eigenvalue weighted by Gasteiger charge is 2.14. The predicted octanol–water partition coefficient (Wildman–Crippen LogP) is 1.66. The van der Waals surface area contributed by atoms with Gasteiger partial charge < -0.3 is 15.4 Å². The van der Waals surface area contributed by atoms with Crippen LogP contribution in [0.3, 0.4) is 0 Å². The Morgan fingerprint density at radius 3 is 2.78 bits per heavy atom. The Morgan fingerprint density at radius 1 is 1.39 bits per heavy atom. The molecular weight excluding hydrogens is 250 g/mol. The van der Waals surface area contributed by atoms with E-state index in [9.17, 15) is 5.11 Å². The van der Waals surface area contributed by atoms with Gasteiger partial charge in [-0.1, -0.05) is 22.9 Å². The van der Waals surface area contributed by atoms with Crippen molar-refractivity contribution >= 4 is 11.8 Å². The van der Waals surface area contributed by atoms with Crippen LogP contribution in [0.5, 0.6) is 0 Å². The van der Waals surface area contributed by atoms with Gasteiger partial charge in [0.05, 0.1) is 5.75 Å². The fourth-order valence-corrected chi connectivity index (χ4v) is 2.09. The second kappa shape index (κ2) is 5.99. The van der Waals surface area contributed by atoms with Crippen LogP contribution in [0.25, 0.3) is 0 Å². The summed E-state index contributed by atoms with van der Waals surface area (Å²) in [5, 5.41) is 13.2. The summed E-state index contributed by atoms with van der Waals surface area (Å²) in [6.07, 6.45) is -0.879. The Hall–Kier alpha value is -1.37. The van der Waals surface area contributed by atoms with Gasteiger partial charge in [-0.15, -0.1) is 11.8 Å². The maximum atomic E-state index is 9.43. The molecule has 0 bridgehead atoms. The van der Waals surface area contributed by atoms with E-state index in [0.29, 0.717) is 11.6 Å². The highest BCUT2D eigenvalue weighted by Crippen LogP contribution is 2.22. The van der Waals surface area contributed by atoms with E-state index >= 15 is 0 Å². The summed E-state index contributed by atoms with van der Waals surface area (Å²) < 4.78 is 4.92. The van der Waals surface area contributed by atoms with Crippen LogP contribution in [0.15, 0.2) is 33.7 Å². The first kappa shape index (κ1) is 13.1. The standard InChI is InChI=1S/C12H15N3O2S/c1-8-2-4-9(5-3-8)18-7-11-14-12(17-15-11)10(16)6-13/h2-5,10,16H,6-7,13H2,1H3/t10-/m0/s1. The monoisotopic (exact) mass is 265 g/mol. The van der Waals surface area contributed by atoms with Crippen molar-refractivity contribution in [2.24, 2.45) is 5.73 Å². The number of hydrogen-bond donors (Lipinski definition) is 2. The molecule has 96 valence electrons. The molecule has 0 fully saturated rings. The second-order valence-electron chi connectivity index (χ2n) is 3.90. The number of aliphatic hydroxyl groups is 1. The Bertz CT molecular complexity index is 498. The van der Waals surface area contributed by atoms with Gasteiger partial charge in [0.25, 0.3) is 5.89 Å². The molecule has 2 rings (SSSR count). The molecule has 5 nitrogen and oxygen atoms in total. The number of aromatic nitrogens is 2. The highest BCUT2D eigenvalue weighted by atomic mass is 32.2. The number of rotatable bonds is 5. The largest absolute Gasteiger partial charge is 0.382 e. The SMILES string of the molecule is Cc1ccc(SCc2noc([C@@H](O)CN)n2)cc1. The number of aliphatic hydroxyl groups excluding tert-OH is 1. The molecule has 0 radical (unpaired) electrons. The maximum Gasteiger partial charge on any atom is 0.256 e. The molecule has 0 aliphatic rings. The lowest BCUT2D eigenvalue weighted by Gasteiger charge is -1.99. The summed E-state index contributed by atoms with van der Waals surface area (Å²) in [4.78, 5) is 5.23. The molecular formula is C12H15N3O2S. The highest BCUT2D eigenvalue weighted by molar-refractivity contribution is 7.98. The van der Waals surface area contributed by atoms with E-state index in [0.717, 1.165) is 4.90 Å². The molecule has 0 amide bonds. The first-order valence-electron chi connectivity index (χ1n) is 5.59. The molecule has 0 aliphatic heterocycles. The van der Waals surface area contributed by atoms with Crippen molar-refractivity contribution in [2.45, 2.75) is 23.7 Å². The van der Waals surface area contributed by atoms with Gasteiger partial charge in [-0.2, -0.15) is 4.98 Å². The van der Waals surface area contributed by atoms with E-state index in [-0.39, 0.29) is 12.4 Å². The van der Waals surface area contributed by atoms with E-state index < -0.39 is 6.10 Å². The van der Waals surface area contributed by atoms with Crippen molar-refractivity contribution in [1.29, 1.82) is 0 Å². The molecule has 0 spiro atoms. The number of hydrogen-bond acceptors (Lipinski definition) is 6. The quantitative estimate of drug-likeness (QED) is 0.800. The van der Waals surface area contributed by atoms with E-state index in [2.05, 4.69) is 34.4 Å². The molecule has 0 saturated heterocycles. The molecule has 1 atom stereocenters. The summed E-state index contributed by atoms with van der Waals surface area (Å²) in [6, 6.07) is 8.22. The number of thioether (sulfide) groups is 1. The number of nitrogens with two attached hydrogens (primary N) is 1. The molecule has 0 saturated carbocycles. The smallest absolute Gasteiger partial charge is 0.256 e. The van der Waals surface area contributed by atoms with Gasteiger partial charge in [0.2, 0.25) is 0 Å². The molecule has 6 heteroatoms. The van der Waals surface area contributed by atoms with Gasteiger partial charge in [-0.25, -0.2) is 0 Å². The Labute approximate surface area is 109 Å². The van der Waals surface area contributed by atoms with Crippen molar-refractivity contribution in [3.63, 3.8) is 0 Å². The van der Waals surface area contributed by atoms with Crippen LogP contribution in [0.4, 0.5) is 0 Å². The van der Waals surface area contributed by atoms with Gasteiger partial charge in [0, 0.05) is 11.4 Å². The minimum Gasteiger partial charge on any atom is -0.382 e. The van der Waals surface area contributed by atoms with Crippen LogP contribution in [0.1, 0.15) is 23.4 Å². The summed E-state index contributed by atoms with van der Waals surface area (Å²) in [7, 11) is 0. The third kappa shape index (κ3) is 3.32. The normalized spacial score (nSPS) is 12.6. The van der Waals surface area contributed by atoms with Crippen molar-refractivity contribution < 1.29 is 9.63 Å². The number of aryl methyl sites for hydroxylation is 1. The molecule has 1 aromatic carbocycles. The third-order valence-electron chi connectivity index (χ3n) is 2.38. The zero-order valence-corrected chi connectivity index (χ0v) is 10.9. The summed E-state index contributed by atoms with van der Waals surface area (Å²) in [6.45, 7) is 2.13. The van der Waals surface area contributed by atoms with Crippen LogP contribution in [0, 0.1) is 6.92 Å². The van der Waals surface area contributed by atoms with Gasteiger partial charge in [-0.3, -0.25) is 0 Å². The van der Waals surface area contributed by atoms with Gasteiger partial charge in [0.15, 0.2) is 5.82 Å². The number of nitrogens with zero attached hydrogens (tertiary/aromatic N) is 2. The Kier molecular flexibility index (Phi) is 4.35. The third-order valence-corrected chi connectivity index (χ3v) is 3.39. The predicted molar refractivity (Wildman–Crippen MR) is 69.1 cm³/mol. The van der Waals surface area contributed by atoms with Crippen LogP contribution >= 0.6 is 11.8 Å². The fourth-order valence-electron chi connectivity index (χ4n) is 1.34. The second-order valence-corrected chi connectivity index (χ2v) is 4.95. The van der Waals surface area contributed by atoms with Crippen molar-refractivity contribution in [3.8, 4) is 0 Å². The molecule has 18 heavy (non-hydrogen) atoms. The van der Waals surface area contributed by atoms with Crippen LogP contribution in [-0.2, 0) is 5.75 Å². The lowest BCUT2D eigenvalue weighted by Crippen LogP contribution is -2.11. The van der Waals surface area contributed by atoms with Crippen molar-refractivity contribution in [2.75, 3.05) is 6.54 Å². The molecule has 1 aromatic heterocycles. The maximum absolute atomic E-state index is 9.43.